The Morgan fingerprint density at radius 3 is 1.58 bits per heavy atom. The zero-order valence-electron chi connectivity index (χ0n) is 14.0. The van der Waals surface area contributed by atoms with Crippen LogP contribution in [0.5, 0.6) is 11.5 Å². The highest BCUT2D eigenvalue weighted by Crippen LogP contribution is 2.28. The van der Waals surface area contributed by atoms with E-state index in [1.807, 2.05) is 13.8 Å². The van der Waals surface area contributed by atoms with E-state index in [2.05, 4.69) is 13.2 Å². The third kappa shape index (κ3) is 4.36. The van der Waals surface area contributed by atoms with Gasteiger partial charge in [-0.2, -0.15) is 0 Å². The molecule has 0 saturated carbocycles. The molecule has 0 heterocycles. The van der Waals surface area contributed by atoms with Crippen molar-refractivity contribution in [1.29, 1.82) is 0 Å². The van der Waals surface area contributed by atoms with Gasteiger partial charge in [0.1, 0.15) is 11.5 Å². The second-order valence-corrected chi connectivity index (χ2v) is 7.60. The fourth-order valence-electron chi connectivity index (χ4n) is 2.42. The quantitative estimate of drug-likeness (QED) is 0.760. The first-order chi connectivity index (χ1) is 11.3. The summed E-state index contributed by atoms with van der Waals surface area (Å²) in [5.74, 6) is 0.347. The normalized spacial score (nSPS) is 10.8. The maximum absolute atomic E-state index is 12.8. The summed E-state index contributed by atoms with van der Waals surface area (Å²) in [5.41, 5.74) is 3.24. The molecule has 0 aliphatic rings. The van der Waals surface area contributed by atoms with Crippen LogP contribution in [-0.2, 0) is 23.6 Å². The van der Waals surface area contributed by atoms with Crippen LogP contribution in [0.2, 0.25) is 0 Å². The number of benzene rings is 2. The van der Waals surface area contributed by atoms with E-state index in [9.17, 15) is 14.4 Å². The lowest BCUT2D eigenvalue weighted by Crippen LogP contribution is -1.97. The Morgan fingerprint density at radius 2 is 1.25 bits per heavy atom. The summed E-state index contributed by atoms with van der Waals surface area (Å²) in [4.78, 5) is 1.21. The fraction of sp³-hybridized carbons (Fsp3) is 0.200. The van der Waals surface area contributed by atoms with Gasteiger partial charge in [-0.05, 0) is 74.2 Å². The highest BCUT2D eigenvalue weighted by molar-refractivity contribution is 7.85. The lowest BCUT2D eigenvalue weighted by molar-refractivity contribution is 0.468. The fourth-order valence-corrected chi connectivity index (χ4v) is 3.58. The van der Waals surface area contributed by atoms with E-state index < -0.39 is 10.8 Å². The molecular formula is C20H22O3S. The molecule has 126 valence electrons. The Hall–Kier alpha value is -2.33. The molecule has 24 heavy (non-hydrogen) atoms. The summed E-state index contributed by atoms with van der Waals surface area (Å²) >= 11 is 0. The Labute approximate surface area is 145 Å². The highest BCUT2D eigenvalue weighted by Gasteiger charge is 2.13. The molecule has 0 aromatic heterocycles. The van der Waals surface area contributed by atoms with E-state index in [0.29, 0.717) is 33.8 Å². The zero-order chi connectivity index (χ0) is 17.9. The topological polar surface area (TPSA) is 57.5 Å². The smallest absolute Gasteiger partial charge is 0.119 e. The minimum absolute atomic E-state index is 0.174. The molecule has 0 unspecified atom stereocenters. The maximum Gasteiger partial charge on any atom is 0.119 e. The molecule has 0 fully saturated rings. The second-order valence-electron chi connectivity index (χ2n) is 6.12. The van der Waals surface area contributed by atoms with Gasteiger partial charge in [-0.1, -0.05) is 24.3 Å². The van der Waals surface area contributed by atoms with Gasteiger partial charge in [0.05, 0.1) is 10.8 Å². The van der Waals surface area contributed by atoms with E-state index in [4.69, 9.17) is 0 Å². The largest absolute Gasteiger partial charge is 0.508 e. The summed E-state index contributed by atoms with van der Waals surface area (Å²) in [6, 6.07) is 9.90. The number of allylic oxidation sites excluding steroid dienone is 2. The average molecular weight is 342 g/mol. The van der Waals surface area contributed by atoms with Crippen LogP contribution >= 0.6 is 0 Å². The van der Waals surface area contributed by atoms with Crippen molar-refractivity contribution in [2.24, 2.45) is 0 Å². The second kappa shape index (κ2) is 7.49. The minimum atomic E-state index is -1.40. The molecule has 0 saturated heterocycles. The molecule has 0 atom stereocenters. The number of hydrogen-bond acceptors (Lipinski definition) is 3. The predicted molar refractivity (Wildman–Crippen MR) is 97.9 cm³/mol. The summed E-state index contributed by atoms with van der Waals surface area (Å²) in [7, 11) is -1.40. The first-order valence-electron chi connectivity index (χ1n) is 7.62. The third-order valence-electron chi connectivity index (χ3n) is 3.51. The molecule has 0 aliphatic heterocycles. The van der Waals surface area contributed by atoms with Crippen LogP contribution < -0.4 is 0 Å². The van der Waals surface area contributed by atoms with Crippen molar-refractivity contribution in [3.05, 3.63) is 71.8 Å². The van der Waals surface area contributed by atoms with Gasteiger partial charge in [-0.25, -0.2) is 4.21 Å². The predicted octanol–water partition coefficient (Wildman–Crippen LogP) is 4.50. The van der Waals surface area contributed by atoms with Crippen molar-refractivity contribution in [2.45, 2.75) is 36.5 Å². The molecule has 2 rings (SSSR count). The minimum Gasteiger partial charge on any atom is -0.508 e. The Balaban J connectivity index is 2.38. The average Bonchev–Trinajstić information content (AvgIpc) is 2.50. The molecule has 0 radical (unpaired) electrons. The van der Waals surface area contributed by atoms with E-state index in [0.717, 1.165) is 11.1 Å². The van der Waals surface area contributed by atoms with Crippen LogP contribution in [0.4, 0.5) is 0 Å². The number of hydrogen-bond donors (Lipinski definition) is 2. The van der Waals surface area contributed by atoms with Crippen molar-refractivity contribution in [2.75, 3.05) is 0 Å². The van der Waals surface area contributed by atoms with Gasteiger partial charge in [-0.3, -0.25) is 0 Å². The molecule has 0 aliphatic carbocycles. The standard InChI is InChI=1S/C20H22O3S/c1-13(2)9-15-11-17(5-7-19(15)21)24(23)18-6-8-20(22)16(12-18)10-14(3)4/h5-8,11-12,21-22H,1,3,9-10H2,2,4H3. The van der Waals surface area contributed by atoms with Gasteiger partial charge in [0, 0.05) is 9.79 Å². The molecule has 2 N–H and O–H groups in total. The SMILES string of the molecule is C=C(C)Cc1cc(S(=O)c2ccc(O)c(CC(=C)C)c2)ccc1O. The van der Waals surface area contributed by atoms with E-state index in [1.165, 1.54) is 0 Å². The summed E-state index contributed by atoms with van der Waals surface area (Å²) in [6.07, 6.45) is 1.07. The van der Waals surface area contributed by atoms with Crippen molar-refractivity contribution in [1.82, 2.24) is 0 Å². The maximum atomic E-state index is 12.8. The summed E-state index contributed by atoms with van der Waals surface area (Å²) in [6.45, 7) is 11.5. The monoisotopic (exact) mass is 342 g/mol. The molecule has 2 aromatic rings. The van der Waals surface area contributed by atoms with Gasteiger partial charge < -0.3 is 10.2 Å². The molecular weight excluding hydrogens is 320 g/mol. The molecule has 2 aromatic carbocycles. The number of rotatable bonds is 6. The van der Waals surface area contributed by atoms with Crippen molar-refractivity contribution in [3.63, 3.8) is 0 Å². The van der Waals surface area contributed by atoms with Crippen molar-refractivity contribution >= 4 is 10.8 Å². The van der Waals surface area contributed by atoms with E-state index in [1.54, 1.807) is 36.4 Å². The highest BCUT2D eigenvalue weighted by atomic mass is 32.2. The van der Waals surface area contributed by atoms with E-state index in [-0.39, 0.29) is 11.5 Å². The third-order valence-corrected chi connectivity index (χ3v) is 4.88. The van der Waals surface area contributed by atoms with Crippen LogP contribution in [0, 0.1) is 0 Å². The van der Waals surface area contributed by atoms with Gasteiger partial charge in [0.2, 0.25) is 0 Å². The summed E-state index contributed by atoms with van der Waals surface area (Å²) < 4.78 is 12.8. The summed E-state index contributed by atoms with van der Waals surface area (Å²) in [5, 5.41) is 19.9. The Bertz CT molecular complexity index is 754. The first-order valence-corrected chi connectivity index (χ1v) is 8.77. The van der Waals surface area contributed by atoms with Crippen LogP contribution in [0.25, 0.3) is 0 Å². The number of phenols is 2. The van der Waals surface area contributed by atoms with Crippen molar-refractivity contribution < 1.29 is 14.4 Å². The van der Waals surface area contributed by atoms with Crippen LogP contribution in [-0.4, -0.2) is 14.4 Å². The molecule has 0 spiro atoms. The van der Waals surface area contributed by atoms with Crippen molar-refractivity contribution in [3.8, 4) is 11.5 Å². The Morgan fingerprint density at radius 1 is 0.875 bits per heavy atom. The number of aromatic hydroxyl groups is 2. The van der Waals surface area contributed by atoms with Crippen LogP contribution in [0.3, 0.4) is 0 Å². The van der Waals surface area contributed by atoms with Crippen LogP contribution in [0.15, 0.2) is 70.5 Å². The molecule has 3 nitrogen and oxygen atoms in total. The molecule has 4 heteroatoms. The number of phenolic OH excluding ortho intramolecular Hbond substituents is 2. The Kier molecular flexibility index (Phi) is 5.62. The van der Waals surface area contributed by atoms with Crippen LogP contribution in [0.1, 0.15) is 25.0 Å². The van der Waals surface area contributed by atoms with Gasteiger partial charge in [-0.15, -0.1) is 0 Å². The molecule has 0 amide bonds. The lowest BCUT2D eigenvalue weighted by Gasteiger charge is -2.10. The molecule has 0 bridgehead atoms. The van der Waals surface area contributed by atoms with Gasteiger partial charge in [0.25, 0.3) is 0 Å². The van der Waals surface area contributed by atoms with E-state index >= 15 is 0 Å². The van der Waals surface area contributed by atoms with Gasteiger partial charge in [0.15, 0.2) is 0 Å². The zero-order valence-corrected chi connectivity index (χ0v) is 14.8. The lowest BCUT2D eigenvalue weighted by atomic mass is 10.1. The first kappa shape index (κ1) is 18.0. The van der Waals surface area contributed by atoms with Gasteiger partial charge >= 0.3 is 0 Å².